The minimum Gasteiger partial charge on any atom is -0.432 e. The zero-order chi connectivity index (χ0) is 17.2. The second-order valence-corrected chi connectivity index (χ2v) is 7.57. The zero-order valence-electron chi connectivity index (χ0n) is 13.6. The smallest absolute Gasteiger partial charge is 0.307 e. The number of nitrogens with zero attached hydrogens (tertiary/aromatic N) is 1. The number of ether oxygens (including phenoxy) is 1. The minimum atomic E-state index is -3.58. The van der Waals surface area contributed by atoms with E-state index in [1.165, 1.54) is 11.2 Å². The third kappa shape index (κ3) is 3.71. The molecule has 0 aliphatic carbocycles. The van der Waals surface area contributed by atoms with Crippen LogP contribution in [0.5, 0.6) is 0 Å². The monoisotopic (exact) mass is 335 g/mol. The van der Waals surface area contributed by atoms with Crippen LogP contribution in [0, 0.1) is 12.8 Å². The van der Waals surface area contributed by atoms with Gasteiger partial charge in [-0.15, -0.1) is 6.58 Å². The highest BCUT2D eigenvalue weighted by atomic mass is 32.2. The molecule has 1 unspecified atom stereocenters. The van der Waals surface area contributed by atoms with E-state index in [4.69, 9.17) is 4.74 Å². The molecule has 0 aromatic heterocycles. The van der Waals surface area contributed by atoms with Crippen molar-refractivity contribution in [3.05, 3.63) is 53.8 Å². The summed E-state index contributed by atoms with van der Waals surface area (Å²) in [5.74, 6) is -0.128. The molecule has 2 rings (SSSR count). The van der Waals surface area contributed by atoms with Gasteiger partial charge in [-0.1, -0.05) is 23.8 Å². The van der Waals surface area contributed by atoms with Crippen molar-refractivity contribution in [2.24, 2.45) is 5.92 Å². The molecule has 1 aliphatic heterocycles. The molecule has 1 aromatic carbocycles. The Morgan fingerprint density at radius 2 is 1.91 bits per heavy atom. The molecule has 0 N–H and O–H groups in total. The Balaban J connectivity index is 2.33. The van der Waals surface area contributed by atoms with Gasteiger partial charge in [-0.2, -0.15) is 4.31 Å². The van der Waals surface area contributed by atoms with Crippen LogP contribution in [0.25, 0.3) is 0 Å². The largest absolute Gasteiger partial charge is 0.432 e. The normalized spacial score (nSPS) is 21.1. The van der Waals surface area contributed by atoms with E-state index in [-0.39, 0.29) is 17.4 Å². The first-order valence-electron chi connectivity index (χ1n) is 7.33. The Kier molecular flexibility index (Phi) is 5.06. The number of esters is 1. The maximum absolute atomic E-state index is 12.8. The molecule has 6 heteroatoms. The summed E-state index contributed by atoms with van der Waals surface area (Å²) in [5.41, 5.74) is 1.77. The number of aryl methyl sites for hydroxylation is 1. The van der Waals surface area contributed by atoms with Crippen LogP contribution in [0.1, 0.15) is 19.4 Å². The first-order valence-corrected chi connectivity index (χ1v) is 8.77. The number of carbonyl (C=O) groups excluding carboxylic acids is 1. The van der Waals surface area contributed by atoms with Crippen LogP contribution < -0.4 is 0 Å². The molecule has 1 fully saturated rings. The Hall–Kier alpha value is -1.92. The number of hydrogen-bond acceptors (Lipinski definition) is 4. The van der Waals surface area contributed by atoms with Crippen LogP contribution in [0.4, 0.5) is 0 Å². The second kappa shape index (κ2) is 6.68. The van der Waals surface area contributed by atoms with E-state index in [2.05, 4.69) is 6.58 Å². The zero-order valence-corrected chi connectivity index (χ0v) is 14.4. The number of rotatable bonds is 4. The molecule has 1 aliphatic rings. The first-order chi connectivity index (χ1) is 10.8. The molecule has 0 radical (unpaired) electrons. The van der Waals surface area contributed by atoms with Crippen LogP contribution in [0.15, 0.2) is 53.1 Å². The number of sulfonamides is 1. The number of benzene rings is 1. The Labute approximate surface area is 137 Å². The van der Waals surface area contributed by atoms with E-state index in [0.29, 0.717) is 12.3 Å². The lowest BCUT2D eigenvalue weighted by molar-refractivity contribution is -0.136. The van der Waals surface area contributed by atoms with Crippen LogP contribution in [0.3, 0.4) is 0 Å². The van der Waals surface area contributed by atoms with Crippen molar-refractivity contribution in [2.45, 2.75) is 25.7 Å². The fourth-order valence-corrected chi connectivity index (χ4v) is 4.06. The summed E-state index contributed by atoms with van der Waals surface area (Å²) in [6.45, 7) is 9.16. The number of allylic oxidation sites excluding steroid dienone is 1. The summed E-state index contributed by atoms with van der Waals surface area (Å²) < 4.78 is 32.0. The van der Waals surface area contributed by atoms with Gasteiger partial charge in [0.2, 0.25) is 10.0 Å². The molecule has 0 saturated carbocycles. The highest BCUT2D eigenvalue weighted by Crippen LogP contribution is 2.31. The summed E-state index contributed by atoms with van der Waals surface area (Å²) in [7, 11) is -3.58. The van der Waals surface area contributed by atoms with E-state index in [1.807, 2.05) is 6.92 Å². The molecule has 1 aromatic rings. The van der Waals surface area contributed by atoms with E-state index in [9.17, 15) is 13.2 Å². The fraction of sp³-hybridized carbons (Fsp3) is 0.353. The molecule has 5 nitrogen and oxygen atoms in total. The molecule has 1 heterocycles. The summed E-state index contributed by atoms with van der Waals surface area (Å²) in [6.07, 6.45) is 1.69. The Morgan fingerprint density at radius 3 is 2.43 bits per heavy atom. The van der Waals surface area contributed by atoms with Crippen LogP contribution in [0.2, 0.25) is 0 Å². The lowest BCUT2D eigenvalue weighted by Gasteiger charge is -2.15. The van der Waals surface area contributed by atoms with Gasteiger partial charge in [0.25, 0.3) is 0 Å². The van der Waals surface area contributed by atoms with E-state index in [1.54, 1.807) is 37.3 Å². The molecule has 0 bridgehead atoms. The average Bonchev–Trinajstić information content (AvgIpc) is 2.92. The summed E-state index contributed by atoms with van der Waals surface area (Å²) in [5, 5.41) is 0. The molecule has 1 atom stereocenters. The van der Waals surface area contributed by atoms with Gasteiger partial charge in [-0.05, 0) is 31.6 Å². The maximum Gasteiger partial charge on any atom is 0.307 e. The van der Waals surface area contributed by atoms with Gasteiger partial charge in [0.05, 0.1) is 4.90 Å². The summed E-state index contributed by atoms with van der Waals surface area (Å²) in [4.78, 5) is 11.4. The van der Waals surface area contributed by atoms with Gasteiger partial charge in [0.15, 0.2) is 0 Å². The van der Waals surface area contributed by atoms with Crippen molar-refractivity contribution < 1.29 is 17.9 Å². The molecular weight excluding hydrogens is 314 g/mol. The molecule has 0 spiro atoms. The Morgan fingerprint density at radius 1 is 1.30 bits per heavy atom. The van der Waals surface area contributed by atoms with Gasteiger partial charge in [0.1, 0.15) is 5.76 Å². The van der Waals surface area contributed by atoms with Crippen molar-refractivity contribution in [3.8, 4) is 0 Å². The van der Waals surface area contributed by atoms with Gasteiger partial charge in [0, 0.05) is 25.9 Å². The number of carbonyl (C=O) groups is 1. The fourth-order valence-electron chi connectivity index (χ4n) is 2.61. The lowest BCUT2D eigenvalue weighted by atomic mass is 10.0. The third-order valence-electron chi connectivity index (χ3n) is 3.89. The predicted octanol–water partition coefficient (Wildman–Crippen LogP) is 2.64. The van der Waals surface area contributed by atoms with Crippen molar-refractivity contribution in [3.63, 3.8) is 0 Å². The minimum absolute atomic E-state index is 0.158. The predicted molar refractivity (Wildman–Crippen MR) is 88.1 cm³/mol. The third-order valence-corrected chi connectivity index (χ3v) is 5.71. The maximum atomic E-state index is 12.8. The van der Waals surface area contributed by atoms with Crippen molar-refractivity contribution in [1.82, 2.24) is 4.31 Å². The van der Waals surface area contributed by atoms with Gasteiger partial charge in [-0.25, -0.2) is 8.42 Å². The van der Waals surface area contributed by atoms with E-state index >= 15 is 0 Å². The van der Waals surface area contributed by atoms with E-state index in [0.717, 1.165) is 11.1 Å². The second-order valence-electron chi connectivity index (χ2n) is 5.63. The lowest BCUT2D eigenvalue weighted by Crippen LogP contribution is -2.28. The molecule has 23 heavy (non-hydrogen) atoms. The van der Waals surface area contributed by atoms with Gasteiger partial charge < -0.3 is 4.74 Å². The van der Waals surface area contributed by atoms with Crippen molar-refractivity contribution >= 4 is 16.0 Å². The van der Waals surface area contributed by atoms with Crippen LogP contribution in [-0.4, -0.2) is 31.8 Å². The van der Waals surface area contributed by atoms with E-state index < -0.39 is 16.0 Å². The average molecular weight is 335 g/mol. The van der Waals surface area contributed by atoms with Crippen molar-refractivity contribution in [2.75, 3.05) is 13.1 Å². The Bertz CT molecular complexity index is 747. The molecule has 0 amide bonds. The highest BCUT2D eigenvalue weighted by molar-refractivity contribution is 7.89. The standard InChI is InChI=1S/C17H21NO4S/c1-5-15-10-18(11-17(15)13(3)22-14(4)19)23(20,21)16-8-6-12(2)7-9-16/h5-9,15H,1,10-11H2,2-4H3/b17-13+. The van der Waals surface area contributed by atoms with Gasteiger partial charge >= 0.3 is 5.97 Å². The SMILES string of the molecule is C=CC1CN(S(=O)(=O)c2ccc(C)cc2)C/C1=C(/C)OC(C)=O. The topological polar surface area (TPSA) is 63.7 Å². The van der Waals surface area contributed by atoms with Crippen LogP contribution in [-0.2, 0) is 19.6 Å². The summed E-state index contributed by atoms with van der Waals surface area (Å²) >= 11 is 0. The molecule has 1 saturated heterocycles. The highest BCUT2D eigenvalue weighted by Gasteiger charge is 2.36. The number of hydrogen-bond donors (Lipinski definition) is 0. The molecule has 124 valence electrons. The first kappa shape index (κ1) is 17.4. The van der Waals surface area contributed by atoms with Crippen LogP contribution >= 0.6 is 0 Å². The quantitative estimate of drug-likeness (QED) is 0.482. The van der Waals surface area contributed by atoms with Gasteiger partial charge in [-0.3, -0.25) is 4.79 Å². The van der Waals surface area contributed by atoms with Crippen molar-refractivity contribution in [1.29, 1.82) is 0 Å². The molecular formula is C17H21NO4S. The summed E-state index contributed by atoms with van der Waals surface area (Å²) in [6, 6.07) is 6.76.